The van der Waals surface area contributed by atoms with Crippen LogP contribution < -0.4 is 0 Å². The number of hydrogen-bond acceptors (Lipinski definition) is 1. The molecule has 0 aromatic carbocycles. The summed E-state index contributed by atoms with van der Waals surface area (Å²) in [5.41, 5.74) is 1.30. The predicted octanol–water partition coefficient (Wildman–Crippen LogP) is 2.73. The highest BCUT2D eigenvalue weighted by molar-refractivity contribution is 7.71. The summed E-state index contributed by atoms with van der Waals surface area (Å²) in [5.74, 6) is 0.739. The van der Waals surface area contributed by atoms with Gasteiger partial charge in [-0.1, -0.05) is 12.8 Å². The average molecular weight is 168 g/mol. The number of aromatic amines is 2. The second kappa shape index (κ2) is 2.81. The lowest BCUT2D eigenvalue weighted by Crippen LogP contribution is -1.90. The Morgan fingerprint density at radius 2 is 2.09 bits per heavy atom. The third kappa shape index (κ3) is 1.38. The molecule has 2 rings (SSSR count). The molecule has 0 unspecified atom stereocenters. The average Bonchev–Trinajstić information content (AvgIpc) is 2.55. The predicted molar refractivity (Wildman–Crippen MR) is 47.2 cm³/mol. The Kier molecular flexibility index (Phi) is 1.82. The number of aromatic nitrogens is 2. The zero-order chi connectivity index (χ0) is 7.68. The van der Waals surface area contributed by atoms with Gasteiger partial charge in [-0.05, 0) is 25.1 Å². The number of rotatable bonds is 1. The fourth-order valence-corrected chi connectivity index (χ4v) is 1.98. The topological polar surface area (TPSA) is 31.6 Å². The van der Waals surface area contributed by atoms with E-state index in [-0.39, 0.29) is 0 Å². The molecule has 0 atom stereocenters. The summed E-state index contributed by atoms with van der Waals surface area (Å²) in [4.78, 5) is 6.18. The SMILES string of the molecule is S=c1[nH]cc(C2CCCC2)[nH]1. The van der Waals surface area contributed by atoms with Crippen LogP contribution in [0.1, 0.15) is 37.3 Å². The van der Waals surface area contributed by atoms with Gasteiger partial charge in [-0.25, -0.2) is 0 Å². The summed E-state index contributed by atoms with van der Waals surface area (Å²) in [6.07, 6.45) is 7.40. The molecule has 1 heterocycles. The number of H-pyrrole nitrogens is 2. The molecule has 1 aliphatic carbocycles. The van der Waals surface area contributed by atoms with Gasteiger partial charge in [-0.15, -0.1) is 0 Å². The minimum atomic E-state index is 0.739. The van der Waals surface area contributed by atoms with Gasteiger partial charge in [0.1, 0.15) is 0 Å². The molecule has 2 nitrogen and oxygen atoms in total. The summed E-state index contributed by atoms with van der Waals surface area (Å²) < 4.78 is 0.756. The molecule has 1 saturated carbocycles. The van der Waals surface area contributed by atoms with Crippen LogP contribution in [0.5, 0.6) is 0 Å². The van der Waals surface area contributed by atoms with Crippen molar-refractivity contribution in [3.63, 3.8) is 0 Å². The molecule has 1 aromatic heterocycles. The molecular weight excluding hydrogens is 156 g/mol. The van der Waals surface area contributed by atoms with Crippen molar-refractivity contribution in [3.8, 4) is 0 Å². The van der Waals surface area contributed by atoms with E-state index in [0.29, 0.717) is 0 Å². The highest BCUT2D eigenvalue weighted by Gasteiger charge is 2.17. The van der Waals surface area contributed by atoms with E-state index < -0.39 is 0 Å². The first-order valence-electron chi connectivity index (χ1n) is 4.14. The Balaban J connectivity index is 2.21. The highest BCUT2D eigenvalue weighted by Crippen LogP contribution is 2.32. The van der Waals surface area contributed by atoms with Crippen LogP contribution in [0.2, 0.25) is 0 Å². The quantitative estimate of drug-likeness (QED) is 0.621. The van der Waals surface area contributed by atoms with Crippen molar-refractivity contribution in [2.24, 2.45) is 0 Å². The van der Waals surface area contributed by atoms with Gasteiger partial charge in [-0.3, -0.25) is 0 Å². The van der Waals surface area contributed by atoms with E-state index in [1.165, 1.54) is 31.4 Å². The van der Waals surface area contributed by atoms with Gasteiger partial charge < -0.3 is 9.97 Å². The fourth-order valence-electron chi connectivity index (χ4n) is 1.80. The van der Waals surface area contributed by atoms with E-state index in [4.69, 9.17) is 12.2 Å². The van der Waals surface area contributed by atoms with E-state index in [2.05, 4.69) is 9.97 Å². The Labute approximate surface area is 71.0 Å². The maximum absolute atomic E-state index is 4.96. The molecular formula is C8H12N2S. The first-order chi connectivity index (χ1) is 5.36. The van der Waals surface area contributed by atoms with Crippen molar-refractivity contribution in [1.82, 2.24) is 9.97 Å². The van der Waals surface area contributed by atoms with Crippen molar-refractivity contribution >= 4 is 12.2 Å². The highest BCUT2D eigenvalue weighted by atomic mass is 32.1. The van der Waals surface area contributed by atoms with Gasteiger partial charge in [0.2, 0.25) is 0 Å². The Bertz CT molecular complexity index is 280. The van der Waals surface area contributed by atoms with Crippen LogP contribution in [-0.2, 0) is 0 Å². The van der Waals surface area contributed by atoms with Crippen molar-refractivity contribution in [3.05, 3.63) is 16.7 Å². The molecule has 11 heavy (non-hydrogen) atoms. The Hall–Kier alpha value is -0.570. The standard InChI is InChI=1S/C8H12N2S/c11-8-9-5-7(10-8)6-3-1-2-4-6/h5-6H,1-4H2,(H2,9,10,11). The van der Waals surface area contributed by atoms with Gasteiger partial charge in [0.25, 0.3) is 0 Å². The van der Waals surface area contributed by atoms with Gasteiger partial charge in [-0.2, -0.15) is 0 Å². The van der Waals surface area contributed by atoms with Crippen LogP contribution in [0.3, 0.4) is 0 Å². The minimum absolute atomic E-state index is 0.739. The van der Waals surface area contributed by atoms with Gasteiger partial charge in [0.15, 0.2) is 4.77 Å². The van der Waals surface area contributed by atoms with Crippen molar-refractivity contribution in [2.45, 2.75) is 31.6 Å². The lowest BCUT2D eigenvalue weighted by Gasteiger charge is -2.03. The zero-order valence-electron chi connectivity index (χ0n) is 6.39. The van der Waals surface area contributed by atoms with Crippen LogP contribution in [-0.4, -0.2) is 9.97 Å². The Morgan fingerprint density at radius 1 is 1.36 bits per heavy atom. The van der Waals surface area contributed by atoms with Crippen LogP contribution >= 0.6 is 12.2 Å². The van der Waals surface area contributed by atoms with Gasteiger partial charge in [0.05, 0.1) is 0 Å². The lowest BCUT2D eigenvalue weighted by molar-refractivity contribution is 0.702. The molecule has 1 fully saturated rings. The molecule has 1 aromatic rings. The normalized spacial score (nSPS) is 19.3. The van der Waals surface area contributed by atoms with Crippen molar-refractivity contribution in [2.75, 3.05) is 0 Å². The smallest absolute Gasteiger partial charge is 0.174 e. The molecule has 0 radical (unpaired) electrons. The van der Waals surface area contributed by atoms with Crippen LogP contribution in [0.25, 0.3) is 0 Å². The lowest BCUT2D eigenvalue weighted by atomic mass is 10.1. The molecule has 1 aliphatic rings. The summed E-state index contributed by atoms with van der Waals surface area (Å²) in [6, 6.07) is 0. The monoisotopic (exact) mass is 168 g/mol. The van der Waals surface area contributed by atoms with E-state index >= 15 is 0 Å². The molecule has 0 aliphatic heterocycles. The minimum Gasteiger partial charge on any atom is -0.337 e. The second-order valence-corrected chi connectivity index (χ2v) is 3.59. The molecule has 0 saturated heterocycles. The second-order valence-electron chi connectivity index (χ2n) is 3.18. The summed E-state index contributed by atoms with van der Waals surface area (Å²) in [7, 11) is 0. The first-order valence-corrected chi connectivity index (χ1v) is 4.54. The van der Waals surface area contributed by atoms with E-state index in [1.54, 1.807) is 0 Å². The fraction of sp³-hybridized carbons (Fsp3) is 0.625. The third-order valence-electron chi connectivity index (χ3n) is 2.41. The van der Waals surface area contributed by atoms with Gasteiger partial charge in [0, 0.05) is 17.8 Å². The van der Waals surface area contributed by atoms with E-state index in [0.717, 1.165) is 10.7 Å². The number of imidazole rings is 1. The molecule has 3 heteroatoms. The zero-order valence-corrected chi connectivity index (χ0v) is 7.21. The molecule has 0 amide bonds. The van der Waals surface area contributed by atoms with Crippen LogP contribution in [0.4, 0.5) is 0 Å². The maximum Gasteiger partial charge on any atom is 0.174 e. The largest absolute Gasteiger partial charge is 0.337 e. The molecule has 0 spiro atoms. The van der Waals surface area contributed by atoms with E-state index in [1.807, 2.05) is 6.20 Å². The number of nitrogens with one attached hydrogen (secondary N) is 2. The summed E-state index contributed by atoms with van der Waals surface area (Å²) >= 11 is 4.96. The molecule has 0 bridgehead atoms. The Morgan fingerprint density at radius 3 is 2.64 bits per heavy atom. The van der Waals surface area contributed by atoms with Crippen molar-refractivity contribution < 1.29 is 0 Å². The van der Waals surface area contributed by atoms with Crippen LogP contribution in [0, 0.1) is 4.77 Å². The molecule has 2 N–H and O–H groups in total. The van der Waals surface area contributed by atoms with Crippen molar-refractivity contribution in [1.29, 1.82) is 0 Å². The molecule has 60 valence electrons. The van der Waals surface area contributed by atoms with Crippen LogP contribution in [0.15, 0.2) is 6.20 Å². The number of hydrogen-bond donors (Lipinski definition) is 2. The summed E-state index contributed by atoms with van der Waals surface area (Å²) in [5, 5.41) is 0. The van der Waals surface area contributed by atoms with E-state index in [9.17, 15) is 0 Å². The maximum atomic E-state index is 4.96. The first kappa shape index (κ1) is 7.10. The van der Waals surface area contributed by atoms with Gasteiger partial charge >= 0.3 is 0 Å². The summed E-state index contributed by atoms with van der Waals surface area (Å²) in [6.45, 7) is 0. The third-order valence-corrected chi connectivity index (χ3v) is 2.63.